The minimum Gasteiger partial charge on any atom is -0.339 e. The van der Waals surface area contributed by atoms with Gasteiger partial charge in [0, 0.05) is 24.0 Å². The van der Waals surface area contributed by atoms with Crippen molar-refractivity contribution in [2.45, 2.75) is 63.2 Å². The van der Waals surface area contributed by atoms with E-state index in [2.05, 4.69) is 13.5 Å². The maximum Gasteiger partial charge on any atom is 0.263 e. The largest absolute Gasteiger partial charge is 0.339 e. The van der Waals surface area contributed by atoms with E-state index >= 15 is 0 Å². The predicted octanol–water partition coefficient (Wildman–Crippen LogP) is 3.63. The summed E-state index contributed by atoms with van der Waals surface area (Å²) >= 11 is 3.03. The Balaban J connectivity index is 1.62. The zero-order chi connectivity index (χ0) is 19.0. The molecule has 0 radical (unpaired) electrons. The summed E-state index contributed by atoms with van der Waals surface area (Å²) in [5, 5.41) is 1.42. The van der Waals surface area contributed by atoms with Gasteiger partial charge in [0.25, 0.3) is 5.56 Å². The highest BCUT2D eigenvalue weighted by Crippen LogP contribution is 2.35. The number of nitrogens with zero attached hydrogens (tertiary/aromatic N) is 3. The van der Waals surface area contributed by atoms with E-state index in [0.29, 0.717) is 23.5 Å². The second kappa shape index (κ2) is 7.80. The monoisotopic (exact) mass is 403 g/mol. The van der Waals surface area contributed by atoms with E-state index in [0.717, 1.165) is 48.9 Å². The number of allylic oxidation sites excluding steroid dienone is 1. The maximum atomic E-state index is 13.1. The maximum absolute atomic E-state index is 13.1. The number of likely N-dealkylation sites (tertiary alicyclic amines) is 1. The molecule has 0 unspecified atom stereocenters. The zero-order valence-corrected chi connectivity index (χ0v) is 17.3. The molecule has 0 aromatic carbocycles. The average Bonchev–Trinajstić information content (AvgIpc) is 3.23. The third-order valence-electron chi connectivity index (χ3n) is 5.55. The van der Waals surface area contributed by atoms with Gasteiger partial charge in [-0.2, -0.15) is 0 Å². The smallest absolute Gasteiger partial charge is 0.263 e. The van der Waals surface area contributed by atoms with Crippen molar-refractivity contribution < 1.29 is 4.79 Å². The molecule has 1 amide bonds. The summed E-state index contributed by atoms with van der Waals surface area (Å²) in [7, 11) is 0. The molecule has 144 valence electrons. The van der Waals surface area contributed by atoms with E-state index in [-0.39, 0.29) is 11.5 Å². The second-order valence-electron chi connectivity index (χ2n) is 7.36. The molecule has 1 atom stereocenters. The van der Waals surface area contributed by atoms with Gasteiger partial charge in [0.2, 0.25) is 5.91 Å². The summed E-state index contributed by atoms with van der Waals surface area (Å²) < 4.78 is 1.68. The van der Waals surface area contributed by atoms with Gasteiger partial charge in [0.1, 0.15) is 4.83 Å². The molecule has 0 bridgehead atoms. The molecule has 1 saturated heterocycles. The van der Waals surface area contributed by atoms with Gasteiger partial charge in [0.15, 0.2) is 5.16 Å². The molecule has 1 aliphatic carbocycles. The van der Waals surface area contributed by atoms with Crippen molar-refractivity contribution in [1.29, 1.82) is 0 Å². The lowest BCUT2D eigenvalue weighted by atomic mass is 10.0. The number of fused-ring (bicyclic) bond motifs is 3. The molecule has 2 aliphatic rings. The Hall–Kier alpha value is -1.60. The van der Waals surface area contributed by atoms with Crippen LogP contribution >= 0.6 is 23.1 Å². The number of thiophene rings is 1. The van der Waals surface area contributed by atoms with Crippen LogP contribution < -0.4 is 5.56 Å². The molecule has 27 heavy (non-hydrogen) atoms. The fourth-order valence-corrected chi connectivity index (χ4v) is 6.33. The molecule has 0 spiro atoms. The molecule has 1 fully saturated rings. The lowest BCUT2D eigenvalue weighted by molar-refractivity contribution is -0.131. The molecule has 2 aromatic heterocycles. The third-order valence-corrected chi connectivity index (χ3v) is 7.70. The Bertz CT molecular complexity index is 947. The van der Waals surface area contributed by atoms with E-state index in [1.807, 2.05) is 4.90 Å². The van der Waals surface area contributed by atoms with Crippen LogP contribution in [0.25, 0.3) is 10.2 Å². The Morgan fingerprint density at radius 1 is 1.37 bits per heavy atom. The molecule has 4 rings (SSSR count). The van der Waals surface area contributed by atoms with Crippen molar-refractivity contribution in [3.05, 3.63) is 33.4 Å². The fourth-order valence-electron chi connectivity index (χ4n) is 4.14. The van der Waals surface area contributed by atoms with Crippen LogP contribution in [0, 0.1) is 0 Å². The van der Waals surface area contributed by atoms with Gasteiger partial charge in [-0.3, -0.25) is 14.2 Å². The summed E-state index contributed by atoms with van der Waals surface area (Å²) in [6.07, 6.45) is 8.20. The van der Waals surface area contributed by atoms with Crippen molar-refractivity contribution in [3.8, 4) is 0 Å². The Labute approximate surface area is 167 Å². The molecule has 0 saturated carbocycles. The van der Waals surface area contributed by atoms with Crippen molar-refractivity contribution in [2.75, 3.05) is 12.3 Å². The van der Waals surface area contributed by atoms with Crippen LogP contribution in [0.5, 0.6) is 0 Å². The van der Waals surface area contributed by atoms with Gasteiger partial charge in [0.05, 0.1) is 11.1 Å². The number of carbonyl (C=O) groups excluding carboxylic acids is 1. The first-order chi connectivity index (χ1) is 13.1. The molecular formula is C20H25N3O2S2. The van der Waals surface area contributed by atoms with E-state index in [4.69, 9.17) is 4.98 Å². The Morgan fingerprint density at radius 2 is 2.22 bits per heavy atom. The molecule has 3 heterocycles. The summed E-state index contributed by atoms with van der Waals surface area (Å²) in [5.74, 6) is 0.463. The van der Waals surface area contributed by atoms with Crippen molar-refractivity contribution in [2.24, 2.45) is 0 Å². The van der Waals surface area contributed by atoms with Crippen molar-refractivity contribution in [1.82, 2.24) is 14.5 Å². The van der Waals surface area contributed by atoms with Gasteiger partial charge in [-0.15, -0.1) is 17.9 Å². The molecule has 1 aliphatic heterocycles. The minimum atomic E-state index is 0.0144. The topological polar surface area (TPSA) is 55.2 Å². The normalized spacial score (nSPS) is 19.4. The van der Waals surface area contributed by atoms with E-state index in [1.165, 1.54) is 28.6 Å². The van der Waals surface area contributed by atoms with Gasteiger partial charge < -0.3 is 4.90 Å². The first-order valence-corrected chi connectivity index (χ1v) is 11.5. The van der Waals surface area contributed by atoms with Crippen LogP contribution in [0.3, 0.4) is 0 Å². The highest BCUT2D eigenvalue weighted by atomic mass is 32.2. The van der Waals surface area contributed by atoms with E-state index in [1.54, 1.807) is 22.0 Å². The number of piperidine rings is 1. The molecular weight excluding hydrogens is 378 g/mol. The fraction of sp³-hybridized carbons (Fsp3) is 0.550. The highest BCUT2D eigenvalue weighted by Gasteiger charge is 2.25. The number of amides is 1. The van der Waals surface area contributed by atoms with E-state index < -0.39 is 0 Å². The number of rotatable bonds is 5. The van der Waals surface area contributed by atoms with Crippen LogP contribution in [0.15, 0.2) is 22.6 Å². The third kappa shape index (κ3) is 3.47. The number of carbonyl (C=O) groups is 1. The standard InChI is InChI=1S/C20H25N3O2S2/c1-3-10-23-19(25)17-14-8-6-9-15(14)27-18(17)21-20(23)26-12-16(24)22-11-5-4-7-13(22)2/h3,13H,1,4-12H2,2H3/t13-/m1/s1. The van der Waals surface area contributed by atoms with Gasteiger partial charge in [-0.05, 0) is 51.0 Å². The first-order valence-electron chi connectivity index (χ1n) is 9.68. The lowest BCUT2D eigenvalue weighted by Gasteiger charge is -2.33. The molecule has 0 N–H and O–H groups in total. The summed E-state index contributed by atoms with van der Waals surface area (Å²) in [4.78, 5) is 34.7. The van der Waals surface area contributed by atoms with Crippen LogP contribution in [0.2, 0.25) is 0 Å². The lowest BCUT2D eigenvalue weighted by Crippen LogP contribution is -2.43. The van der Waals surface area contributed by atoms with Crippen molar-refractivity contribution in [3.63, 3.8) is 0 Å². The predicted molar refractivity (Wildman–Crippen MR) is 112 cm³/mol. The highest BCUT2D eigenvalue weighted by molar-refractivity contribution is 7.99. The van der Waals surface area contributed by atoms with Crippen LogP contribution in [-0.4, -0.2) is 38.7 Å². The number of thioether (sulfide) groups is 1. The number of hydrogen-bond acceptors (Lipinski definition) is 5. The number of aromatic nitrogens is 2. The van der Waals surface area contributed by atoms with Gasteiger partial charge in [-0.1, -0.05) is 17.8 Å². The summed E-state index contributed by atoms with van der Waals surface area (Å²) in [6.45, 7) is 7.16. The first kappa shape index (κ1) is 18.7. The molecule has 2 aromatic rings. The van der Waals surface area contributed by atoms with Gasteiger partial charge in [-0.25, -0.2) is 4.98 Å². The minimum absolute atomic E-state index is 0.0144. The van der Waals surface area contributed by atoms with Crippen LogP contribution in [0.4, 0.5) is 0 Å². The summed E-state index contributed by atoms with van der Waals surface area (Å²) in [5.41, 5.74) is 1.21. The molecule has 5 nitrogen and oxygen atoms in total. The average molecular weight is 404 g/mol. The van der Waals surface area contributed by atoms with Crippen LogP contribution in [0.1, 0.15) is 43.0 Å². The van der Waals surface area contributed by atoms with Gasteiger partial charge >= 0.3 is 0 Å². The second-order valence-corrected chi connectivity index (χ2v) is 9.38. The zero-order valence-electron chi connectivity index (χ0n) is 15.7. The quantitative estimate of drug-likeness (QED) is 0.435. The van der Waals surface area contributed by atoms with E-state index in [9.17, 15) is 9.59 Å². The Morgan fingerprint density at radius 3 is 3.00 bits per heavy atom. The number of hydrogen-bond donors (Lipinski definition) is 0. The number of aryl methyl sites for hydroxylation is 2. The Kier molecular flexibility index (Phi) is 5.41. The SMILES string of the molecule is C=CCn1c(SCC(=O)N2CCCC[C@H]2C)nc2sc3c(c2c1=O)CCC3. The summed E-state index contributed by atoms with van der Waals surface area (Å²) in [6, 6.07) is 0.304. The molecule has 7 heteroatoms. The van der Waals surface area contributed by atoms with Crippen LogP contribution in [-0.2, 0) is 24.2 Å². The van der Waals surface area contributed by atoms with Crippen molar-refractivity contribution >= 4 is 39.2 Å².